The van der Waals surface area contributed by atoms with Crippen molar-refractivity contribution >= 4 is 0 Å². The van der Waals surface area contributed by atoms with E-state index < -0.39 is 0 Å². The minimum atomic E-state index is 0.232. The minimum absolute atomic E-state index is 0.232. The number of fused-ring (bicyclic) bond motifs is 1. The molecule has 0 aromatic heterocycles. The molecule has 0 bridgehead atoms. The standard InChI is InChI=1S/C26H33N/c1-2-3-4-5-6-7-8-12-19-26-25-18-14-13-17-24(25)20-21-27(26)22-23-15-10-9-11-16-23/h9-11,13-18,26H,2-8,20-22H2,1H3. The van der Waals surface area contributed by atoms with E-state index in [-0.39, 0.29) is 6.04 Å². The maximum atomic E-state index is 3.63. The molecular formula is C26H33N. The lowest BCUT2D eigenvalue weighted by Gasteiger charge is -2.34. The van der Waals surface area contributed by atoms with Gasteiger partial charge in [0, 0.05) is 19.5 Å². The summed E-state index contributed by atoms with van der Waals surface area (Å²) in [6.45, 7) is 4.34. The fourth-order valence-corrected chi connectivity index (χ4v) is 3.94. The third-order valence-corrected chi connectivity index (χ3v) is 5.51. The number of hydrogen-bond acceptors (Lipinski definition) is 1. The molecule has 1 atom stereocenters. The molecule has 2 aromatic carbocycles. The van der Waals surface area contributed by atoms with Gasteiger partial charge in [-0.05, 0) is 29.5 Å². The lowest BCUT2D eigenvalue weighted by molar-refractivity contribution is 0.216. The van der Waals surface area contributed by atoms with E-state index >= 15 is 0 Å². The molecule has 0 N–H and O–H groups in total. The summed E-state index contributed by atoms with van der Waals surface area (Å²) < 4.78 is 0. The van der Waals surface area contributed by atoms with Crippen LogP contribution in [0, 0.1) is 11.8 Å². The maximum absolute atomic E-state index is 3.63. The zero-order valence-corrected chi connectivity index (χ0v) is 16.8. The Balaban J connectivity index is 1.63. The van der Waals surface area contributed by atoms with E-state index in [0.29, 0.717) is 0 Å². The topological polar surface area (TPSA) is 3.24 Å². The van der Waals surface area contributed by atoms with Crippen LogP contribution in [-0.2, 0) is 13.0 Å². The van der Waals surface area contributed by atoms with E-state index in [1.165, 1.54) is 55.2 Å². The first-order chi connectivity index (χ1) is 13.4. The van der Waals surface area contributed by atoms with E-state index in [2.05, 4.69) is 78.3 Å². The normalized spacial score (nSPS) is 16.4. The van der Waals surface area contributed by atoms with Crippen LogP contribution in [0.5, 0.6) is 0 Å². The molecule has 0 amide bonds. The average molecular weight is 360 g/mol. The highest BCUT2D eigenvalue weighted by Crippen LogP contribution is 2.30. The Kier molecular flexibility index (Phi) is 8.00. The van der Waals surface area contributed by atoms with Gasteiger partial charge in [0.1, 0.15) is 0 Å². The summed E-state index contributed by atoms with van der Waals surface area (Å²) in [5, 5.41) is 0. The van der Waals surface area contributed by atoms with Gasteiger partial charge in [0.2, 0.25) is 0 Å². The van der Waals surface area contributed by atoms with Gasteiger partial charge in [0.15, 0.2) is 0 Å². The van der Waals surface area contributed by atoms with Crippen LogP contribution in [0.4, 0.5) is 0 Å². The van der Waals surface area contributed by atoms with Crippen LogP contribution in [0.15, 0.2) is 54.6 Å². The maximum Gasteiger partial charge on any atom is 0.0976 e. The quantitative estimate of drug-likeness (QED) is 0.382. The van der Waals surface area contributed by atoms with Gasteiger partial charge in [0.25, 0.3) is 0 Å². The van der Waals surface area contributed by atoms with Crippen LogP contribution in [0.1, 0.15) is 74.6 Å². The van der Waals surface area contributed by atoms with Crippen LogP contribution in [0.2, 0.25) is 0 Å². The summed E-state index contributed by atoms with van der Waals surface area (Å²) in [6, 6.07) is 19.9. The van der Waals surface area contributed by atoms with Crippen molar-refractivity contribution < 1.29 is 0 Å². The summed E-state index contributed by atoms with van der Waals surface area (Å²) in [4.78, 5) is 2.55. The van der Waals surface area contributed by atoms with Crippen LogP contribution in [0.3, 0.4) is 0 Å². The molecule has 1 heteroatoms. The van der Waals surface area contributed by atoms with Crippen molar-refractivity contribution in [1.82, 2.24) is 4.90 Å². The van der Waals surface area contributed by atoms with Gasteiger partial charge in [0.05, 0.1) is 6.04 Å². The second-order valence-electron chi connectivity index (χ2n) is 7.65. The summed E-state index contributed by atoms with van der Waals surface area (Å²) in [5.41, 5.74) is 4.26. The van der Waals surface area contributed by atoms with Gasteiger partial charge in [-0.3, -0.25) is 4.90 Å². The third-order valence-electron chi connectivity index (χ3n) is 5.51. The Labute approximate surface area is 165 Å². The molecule has 3 rings (SSSR count). The molecule has 0 saturated carbocycles. The molecule has 1 heterocycles. The first kappa shape index (κ1) is 19.7. The molecule has 2 aromatic rings. The Morgan fingerprint density at radius 3 is 2.48 bits per heavy atom. The molecule has 0 fully saturated rings. The smallest absolute Gasteiger partial charge is 0.0976 e. The zero-order chi connectivity index (χ0) is 18.7. The molecule has 1 aliphatic heterocycles. The molecule has 1 nitrogen and oxygen atoms in total. The molecule has 1 aliphatic rings. The molecule has 1 unspecified atom stereocenters. The van der Waals surface area contributed by atoms with Gasteiger partial charge in [-0.1, -0.05) is 99.5 Å². The highest BCUT2D eigenvalue weighted by Gasteiger charge is 2.25. The Morgan fingerprint density at radius 2 is 1.63 bits per heavy atom. The highest BCUT2D eigenvalue weighted by molar-refractivity contribution is 5.37. The van der Waals surface area contributed by atoms with E-state index in [9.17, 15) is 0 Å². The number of benzene rings is 2. The highest BCUT2D eigenvalue weighted by atomic mass is 15.2. The number of nitrogens with zero attached hydrogens (tertiary/aromatic N) is 1. The largest absolute Gasteiger partial charge is 0.281 e. The van der Waals surface area contributed by atoms with Crippen molar-refractivity contribution in [3.05, 3.63) is 71.3 Å². The van der Waals surface area contributed by atoms with Gasteiger partial charge in [-0.2, -0.15) is 0 Å². The van der Waals surface area contributed by atoms with Gasteiger partial charge >= 0.3 is 0 Å². The second-order valence-corrected chi connectivity index (χ2v) is 7.65. The van der Waals surface area contributed by atoms with Crippen LogP contribution < -0.4 is 0 Å². The fraction of sp³-hybridized carbons (Fsp3) is 0.462. The average Bonchev–Trinajstić information content (AvgIpc) is 2.72. The predicted molar refractivity (Wildman–Crippen MR) is 116 cm³/mol. The predicted octanol–water partition coefficient (Wildman–Crippen LogP) is 6.54. The van der Waals surface area contributed by atoms with Crippen LogP contribution >= 0.6 is 0 Å². The lowest BCUT2D eigenvalue weighted by Crippen LogP contribution is -2.34. The molecule has 0 spiro atoms. The zero-order valence-electron chi connectivity index (χ0n) is 16.8. The minimum Gasteiger partial charge on any atom is -0.281 e. The van der Waals surface area contributed by atoms with Gasteiger partial charge < -0.3 is 0 Å². The Bertz CT molecular complexity index is 738. The lowest BCUT2D eigenvalue weighted by atomic mass is 9.92. The fourth-order valence-electron chi connectivity index (χ4n) is 3.94. The van der Waals surface area contributed by atoms with E-state index in [1.807, 2.05) is 0 Å². The number of hydrogen-bond donors (Lipinski definition) is 0. The molecule has 142 valence electrons. The number of unbranched alkanes of at least 4 members (excludes halogenated alkanes) is 6. The molecule has 0 saturated heterocycles. The molecule has 0 radical (unpaired) electrons. The summed E-state index contributed by atoms with van der Waals surface area (Å²) >= 11 is 0. The molecule has 0 aliphatic carbocycles. The van der Waals surface area contributed by atoms with Crippen molar-refractivity contribution in [1.29, 1.82) is 0 Å². The summed E-state index contributed by atoms with van der Waals surface area (Å²) in [6.07, 6.45) is 10.2. The van der Waals surface area contributed by atoms with Crippen LogP contribution in [0.25, 0.3) is 0 Å². The first-order valence-electron chi connectivity index (χ1n) is 10.7. The molecule has 27 heavy (non-hydrogen) atoms. The monoisotopic (exact) mass is 359 g/mol. The molecular weight excluding hydrogens is 326 g/mol. The second kappa shape index (κ2) is 11.0. The third kappa shape index (κ3) is 5.98. The summed E-state index contributed by atoms with van der Waals surface area (Å²) in [5.74, 6) is 7.14. The van der Waals surface area contributed by atoms with E-state index in [0.717, 1.165) is 25.9 Å². The van der Waals surface area contributed by atoms with Crippen LogP contribution in [-0.4, -0.2) is 11.4 Å². The van der Waals surface area contributed by atoms with Crippen molar-refractivity contribution in [3.8, 4) is 11.8 Å². The number of rotatable bonds is 8. The first-order valence-corrected chi connectivity index (χ1v) is 10.7. The Morgan fingerprint density at radius 1 is 0.889 bits per heavy atom. The Hall–Kier alpha value is -2.04. The van der Waals surface area contributed by atoms with E-state index in [1.54, 1.807) is 0 Å². The van der Waals surface area contributed by atoms with Gasteiger partial charge in [-0.25, -0.2) is 0 Å². The summed E-state index contributed by atoms with van der Waals surface area (Å²) in [7, 11) is 0. The van der Waals surface area contributed by atoms with Crippen molar-refractivity contribution in [3.63, 3.8) is 0 Å². The van der Waals surface area contributed by atoms with Gasteiger partial charge in [-0.15, -0.1) is 5.92 Å². The SMILES string of the molecule is CCCCCCCCC#CC1c2ccccc2CCN1Cc1ccccc1. The van der Waals surface area contributed by atoms with E-state index in [4.69, 9.17) is 0 Å². The van der Waals surface area contributed by atoms with Crippen molar-refractivity contribution in [2.75, 3.05) is 6.54 Å². The van der Waals surface area contributed by atoms with Crippen molar-refractivity contribution in [2.24, 2.45) is 0 Å². The van der Waals surface area contributed by atoms with Crippen molar-refractivity contribution in [2.45, 2.75) is 70.9 Å².